The molecule has 0 aromatic heterocycles. The summed E-state index contributed by atoms with van der Waals surface area (Å²) in [6, 6.07) is 0.217. The first-order valence-electron chi connectivity index (χ1n) is 7.27. The number of nitrogens with zero attached hydrogens (tertiary/aromatic N) is 1. The van der Waals surface area contributed by atoms with E-state index in [0.717, 1.165) is 45.4 Å². The zero-order valence-corrected chi connectivity index (χ0v) is 11.3. The average molecular weight is 255 g/mol. The number of hydrogen-bond acceptors (Lipinski definition) is 3. The van der Waals surface area contributed by atoms with Gasteiger partial charge in [0.05, 0.1) is 12.0 Å². The number of rotatable bonds is 2. The van der Waals surface area contributed by atoms with Crippen LogP contribution in [0.4, 0.5) is 0 Å². The molecule has 3 unspecified atom stereocenters. The van der Waals surface area contributed by atoms with Gasteiger partial charge in [0.25, 0.3) is 0 Å². The highest BCUT2D eigenvalue weighted by Gasteiger charge is 2.34. The Kier molecular flexibility index (Phi) is 5.01. The van der Waals surface area contributed by atoms with Gasteiger partial charge in [-0.1, -0.05) is 19.3 Å². The fourth-order valence-electron chi connectivity index (χ4n) is 3.34. The van der Waals surface area contributed by atoms with Crippen LogP contribution in [0.5, 0.6) is 0 Å². The quantitative estimate of drug-likeness (QED) is 0.768. The molecule has 0 aromatic rings. The third-order valence-electron chi connectivity index (χ3n) is 4.25. The maximum absolute atomic E-state index is 11.5. The van der Waals surface area contributed by atoms with Gasteiger partial charge in [0, 0.05) is 25.7 Å². The number of hydrogen-bond donors (Lipinski definition) is 1. The number of ether oxygens (including phenoxy) is 1. The van der Waals surface area contributed by atoms with E-state index >= 15 is 0 Å². The summed E-state index contributed by atoms with van der Waals surface area (Å²) >= 11 is 0. The lowest BCUT2D eigenvalue weighted by Crippen LogP contribution is -2.45. The summed E-state index contributed by atoms with van der Waals surface area (Å²) < 4.78 is 5.66. The van der Waals surface area contributed by atoms with E-state index in [1.54, 1.807) is 0 Å². The standard InChI is InChI=1S/C14H25NO3/c1-11-10-15(8-5-9-18-11)13-7-4-2-3-6-12(13)14(16)17/h11-13H,2-10H2,1H3,(H,16,17). The Labute approximate surface area is 109 Å². The molecule has 18 heavy (non-hydrogen) atoms. The molecule has 1 aliphatic carbocycles. The molecule has 2 rings (SSSR count). The predicted molar refractivity (Wildman–Crippen MR) is 69.6 cm³/mol. The van der Waals surface area contributed by atoms with Crippen molar-refractivity contribution in [2.24, 2.45) is 5.92 Å². The normalized spacial score (nSPS) is 35.7. The Balaban J connectivity index is 2.07. The molecule has 4 nitrogen and oxygen atoms in total. The first-order chi connectivity index (χ1) is 8.68. The van der Waals surface area contributed by atoms with Crippen molar-refractivity contribution < 1.29 is 14.6 Å². The fraction of sp³-hybridized carbons (Fsp3) is 0.929. The Hall–Kier alpha value is -0.610. The number of carboxylic acid groups (broad SMARTS) is 1. The van der Waals surface area contributed by atoms with Gasteiger partial charge in [0.15, 0.2) is 0 Å². The van der Waals surface area contributed by atoms with Crippen molar-refractivity contribution in [3.63, 3.8) is 0 Å². The smallest absolute Gasteiger partial charge is 0.308 e. The van der Waals surface area contributed by atoms with Gasteiger partial charge in [-0.3, -0.25) is 9.69 Å². The van der Waals surface area contributed by atoms with Gasteiger partial charge >= 0.3 is 5.97 Å². The highest BCUT2D eigenvalue weighted by molar-refractivity contribution is 5.70. The fourth-order valence-corrected chi connectivity index (χ4v) is 3.34. The minimum absolute atomic E-state index is 0.183. The molecule has 2 fully saturated rings. The molecule has 104 valence electrons. The summed E-state index contributed by atoms with van der Waals surface area (Å²) in [5.41, 5.74) is 0. The molecule has 0 bridgehead atoms. The Morgan fingerprint density at radius 2 is 2.00 bits per heavy atom. The summed E-state index contributed by atoms with van der Waals surface area (Å²) in [6.07, 6.45) is 6.53. The molecule has 0 radical (unpaired) electrons. The monoisotopic (exact) mass is 255 g/mol. The minimum atomic E-state index is -0.611. The van der Waals surface area contributed by atoms with Crippen LogP contribution in [0.3, 0.4) is 0 Å². The molecule has 4 heteroatoms. The van der Waals surface area contributed by atoms with E-state index in [0.29, 0.717) is 0 Å². The molecular weight excluding hydrogens is 230 g/mol. The Morgan fingerprint density at radius 3 is 2.78 bits per heavy atom. The molecule has 0 amide bonds. The zero-order valence-electron chi connectivity index (χ0n) is 11.3. The topological polar surface area (TPSA) is 49.8 Å². The maximum atomic E-state index is 11.5. The highest BCUT2D eigenvalue weighted by atomic mass is 16.5. The highest BCUT2D eigenvalue weighted by Crippen LogP contribution is 2.28. The number of aliphatic carboxylic acids is 1. The molecule has 0 aromatic carbocycles. The summed E-state index contributed by atoms with van der Waals surface area (Å²) in [5, 5.41) is 9.44. The first-order valence-corrected chi connectivity index (χ1v) is 7.27. The predicted octanol–water partition coefficient (Wildman–Crippen LogP) is 2.13. The van der Waals surface area contributed by atoms with Crippen molar-refractivity contribution in [2.75, 3.05) is 19.7 Å². The molecular formula is C14H25NO3. The number of carboxylic acids is 1. The maximum Gasteiger partial charge on any atom is 0.308 e. The van der Waals surface area contributed by atoms with Crippen LogP contribution in [0.1, 0.15) is 45.4 Å². The van der Waals surface area contributed by atoms with E-state index in [-0.39, 0.29) is 18.1 Å². The van der Waals surface area contributed by atoms with Crippen molar-refractivity contribution >= 4 is 5.97 Å². The molecule has 1 heterocycles. The van der Waals surface area contributed by atoms with Crippen molar-refractivity contribution in [2.45, 2.75) is 57.6 Å². The zero-order chi connectivity index (χ0) is 13.0. The van der Waals surface area contributed by atoms with E-state index in [1.807, 2.05) is 0 Å². The summed E-state index contributed by atoms with van der Waals surface area (Å²) in [4.78, 5) is 13.8. The molecule has 0 spiro atoms. The minimum Gasteiger partial charge on any atom is -0.481 e. The lowest BCUT2D eigenvalue weighted by Gasteiger charge is -2.34. The van der Waals surface area contributed by atoms with E-state index in [2.05, 4.69) is 11.8 Å². The van der Waals surface area contributed by atoms with Crippen LogP contribution in [-0.2, 0) is 9.53 Å². The van der Waals surface area contributed by atoms with Crippen LogP contribution in [0.25, 0.3) is 0 Å². The lowest BCUT2D eigenvalue weighted by molar-refractivity contribution is -0.144. The van der Waals surface area contributed by atoms with Gasteiger partial charge in [-0.25, -0.2) is 0 Å². The third-order valence-corrected chi connectivity index (χ3v) is 4.25. The van der Waals surface area contributed by atoms with Crippen LogP contribution in [0, 0.1) is 5.92 Å². The van der Waals surface area contributed by atoms with Crippen LogP contribution in [0.15, 0.2) is 0 Å². The van der Waals surface area contributed by atoms with Crippen LogP contribution < -0.4 is 0 Å². The van der Waals surface area contributed by atoms with Crippen molar-refractivity contribution in [1.82, 2.24) is 4.90 Å². The van der Waals surface area contributed by atoms with Gasteiger partial charge in [-0.05, 0) is 26.2 Å². The van der Waals surface area contributed by atoms with Gasteiger partial charge in [0.1, 0.15) is 0 Å². The van der Waals surface area contributed by atoms with E-state index in [4.69, 9.17) is 4.74 Å². The van der Waals surface area contributed by atoms with Crippen molar-refractivity contribution in [1.29, 1.82) is 0 Å². The van der Waals surface area contributed by atoms with Crippen LogP contribution in [0.2, 0.25) is 0 Å². The van der Waals surface area contributed by atoms with Crippen molar-refractivity contribution in [3.05, 3.63) is 0 Å². The SMILES string of the molecule is CC1CN(C2CCCCCC2C(=O)O)CCCO1. The van der Waals surface area contributed by atoms with Gasteiger partial charge in [0.2, 0.25) is 0 Å². The molecule has 3 atom stereocenters. The largest absolute Gasteiger partial charge is 0.481 e. The second kappa shape index (κ2) is 6.53. The second-order valence-electron chi connectivity index (χ2n) is 5.68. The van der Waals surface area contributed by atoms with Gasteiger partial charge in [-0.2, -0.15) is 0 Å². The molecule has 2 aliphatic rings. The lowest BCUT2D eigenvalue weighted by atomic mass is 9.93. The molecule has 1 saturated heterocycles. The van der Waals surface area contributed by atoms with E-state index in [1.165, 1.54) is 12.8 Å². The average Bonchev–Trinajstić information content (AvgIpc) is 2.68. The van der Waals surface area contributed by atoms with E-state index in [9.17, 15) is 9.90 Å². The molecule has 1 N–H and O–H groups in total. The van der Waals surface area contributed by atoms with Crippen LogP contribution in [-0.4, -0.2) is 47.8 Å². The van der Waals surface area contributed by atoms with Gasteiger partial charge in [-0.15, -0.1) is 0 Å². The Bertz CT molecular complexity index is 282. The third kappa shape index (κ3) is 3.45. The molecule has 1 aliphatic heterocycles. The molecule has 1 saturated carbocycles. The number of carbonyl (C=O) groups is 1. The summed E-state index contributed by atoms with van der Waals surface area (Å²) in [6.45, 7) is 4.76. The van der Waals surface area contributed by atoms with E-state index < -0.39 is 5.97 Å². The Morgan fingerprint density at radius 1 is 1.22 bits per heavy atom. The second-order valence-corrected chi connectivity index (χ2v) is 5.68. The van der Waals surface area contributed by atoms with Crippen molar-refractivity contribution in [3.8, 4) is 0 Å². The van der Waals surface area contributed by atoms with Crippen LogP contribution >= 0.6 is 0 Å². The summed E-state index contributed by atoms with van der Waals surface area (Å²) in [5.74, 6) is -0.794. The first kappa shape index (κ1) is 13.8. The summed E-state index contributed by atoms with van der Waals surface area (Å²) in [7, 11) is 0. The van der Waals surface area contributed by atoms with Gasteiger partial charge < -0.3 is 9.84 Å².